The molecule has 0 saturated carbocycles. The van der Waals surface area contributed by atoms with Gasteiger partial charge in [0.05, 0.1) is 0 Å². The van der Waals surface area contributed by atoms with Crippen molar-refractivity contribution in [2.75, 3.05) is 6.54 Å². The molecule has 1 aliphatic rings. The molecule has 80 valence electrons. The van der Waals surface area contributed by atoms with Crippen molar-refractivity contribution in [3.8, 4) is 0 Å². The molecule has 0 aromatic heterocycles. The molecule has 1 unspecified atom stereocenters. The Labute approximate surface area is 85.7 Å². The van der Waals surface area contributed by atoms with Crippen LogP contribution in [0.3, 0.4) is 0 Å². The Morgan fingerprint density at radius 2 is 2.14 bits per heavy atom. The molecule has 3 heteroatoms. The van der Waals surface area contributed by atoms with Gasteiger partial charge in [-0.1, -0.05) is 13.0 Å². The molecule has 0 aromatic rings. The van der Waals surface area contributed by atoms with E-state index in [4.69, 9.17) is 4.74 Å². The number of hydrogen-bond acceptors (Lipinski definition) is 2. The van der Waals surface area contributed by atoms with E-state index in [-0.39, 0.29) is 6.09 Å². The number of carbonyl (C=O) groups excluding carboxylic acids is 1. The fourth-order valence-electron chi connectivity index (χ4n) is 1.35. The van der Waals surface area contributed by atoms with Crippen LogP contribution in [0.5, 0.6) is 0 Å². The minimum atomic E-state index is -0.411. The minimum absolute atomic E-state index is 0.250. The van der Waals surface area contributed by atoms with Crippen LogP contribution in [0.4, 0.5) is 4.79 Å². The first kappa shape index (κ1) is 11.1. The van der Waals surface area contributed by atoms with Crippen molar-refractivity contribution in [2.45, 2.75) is 39.7 Å². The van der Waals surface area contributed by atoms with Gasteiger partial charge < -0.3 is 4.74 Å². The maximum Gasteiger partial charge on any atom is 0.414 e. The average Bonchev–Trinajstić information content (AvgIpc) is 2.01. The summed E-state index contributed by atoms with van der Waals surface area (Å²) >= 11 is 0. The van der Waals surface area contributed by atoms with E-state index in [1.54, 1.807) is 4.90 Å². The summed E-state index contributed by atoms with van der Waals surface area (Å²) < 4.78 is 5.26. The molecule has 3 nitrogen and oxygen atoms in total. The first-order valence-electron chi connectivity index (χ1n) is 5.05. The van der Waals surface area contributed by atoms with Gasteiger partial charge in [-0.2, -0.15) is 0 Å². The summed E-state index contributed by atoms with van der Waals surface area (Å²) in [6, 6.07) is 0. The fraction of sp³-hybridized carbons (Fsp3) is 0.727. The molecule has 0 N–H and O–H groups in total. The third kappa shape index (κ3) is 3.40. The molecule has 1 rings (SSSR count). The lowest BCUT2D eigenvalue weighted by Gasteiger charge is -2.28. The summed E-state index contributed by atoms with van der Waals surface area (Å²) in [4.78, 5) is 13.3. The zero-order chi connectivity index (χ0) is 10.8. The Hall–Kier alpha value is -0.990. The van der Waals surface area contributed by atoms with Gasteiger partial charge in [0.2, 0.25) is 0 Å². The zero-order valence-electron chi connectivity index (χ0n) is 9.41. The first-order valence-corrected chi connectivity index (χ1v) is 5.05. The minimum Gasteiger partial charge on any atom is -0.443 e. The lowest BCUT2D eigenvalue weighted by Crippen LogP contribution is -2.37. The van der Waals surface area contributed by atoms with E-state index in [9.17, 15) is 4.79 Å². The van der Waals surface area contributed by atoms with Crippen molar-refractivity contribution in [3.63, 3.8) is 0 Å². The van der Waals surface area contributed by atoms with E-state index in [0.717, 1.165) is 13.0 Å². The van der Waals surface area contributed by atoms with Crippen LogP contribution in [0.1, 0.15) is 34.1 Å². The highest BCUT2D eigenvalue weighted by atomic mass is 16.6. The van der Waals surface area contributed by atoms with Crippen LogP contribution in [0.25, 0.3) is 0 Å². The van der Waals surface area contributed by atoms with Gasteiger partial charge in [-0.05, 0) is 33.1 Å². The Morgan fingerprint density at radius 1 is 1.50 bits per heavy atom. The number of amides is 1. The summed E-state index contributed by atoms with van der Waals surface area (Å²) in [5.74, 6) is 0.521. The van der Waals surface area contributed by atoms with E-state index >= 15 is 0 Å². The Balaban J connectivity index is 2.53. The summed E-state index contributed by atoms with van der Waals surface area (Å²) in [6.07, 6.45) is 4.62. The van der Waals surface area contributed by atoms with Crippen LogP contribution in [0, 0.1) is 5.92 Å². The highest BCUT2D eigenvalue weighted by Crippen LogP contribution is 2.16. The number of nitrogens with zero attached hydrogens (tertiary/aromatic N) is 1. The standard InChI is InChI=1S/C11H19NO2/c1-9-6-5-7-12(8-9)10(13)14-11(2,3)4/h5,7,9H,6,8H2,1-4H3. The third-order valence-electron chi connectivity index (χ3n) is 1.96. The van der Waals surface area contributed by atoms with Crippen molar-refractivity contribution in [2.24, 2.45) is 5.92 Å². The van der Waals surface area contributed by atoms with Crippen LogP contribution in [-0.4, -0.2) is 23.1 Å². The largest absolute Gasteiger partial charge is 0.443 e. The maximum absolute atomic E-state index is 11.6. The summed E-state index contributed by atoms with van der Waals surface area (Å²) in [5.41, 5.74) is -0.411. The lowest BCUT2D eigenvalue weighted by atomic mass is 10.1. The van der Waals surface area contributed by atoms with Crippen LogP contribution >= 0.6 is 0 Å². The summed E-state index contributed by atoms with van der Waals surface area (Å²) in [6.45, 7) is 8.51. The van der Waals surface area contributed by atoms with E-state index in [1.807, 2.05) is 33.0 Å². The number of ether oxygens (including phenoxy) is 1. The molecule has 14 heavy (non-hydrogen) atoms. The van der Waals surface area contributed by atoms with Crippen LogP contribution in [-0.2, 0) is 4.74 Å². The molecule has 1 amide bonds. The van der Waals surface area contributed by atoms with Crippen molar-refractivity contribution < 1.29 is 9.53 Å². The SMILES string of the molecule is CC1CC=CN(C(=O)OC(C)(C)C)C1. The predicted molar refractivity (Wildman–Crippen MR) is 55.9 cm³/mol. The van der Waals surface area contributed by atoms with Gasteiger partial charge in [-0.3, -0.25) is 4.90 Å². The Bertz CT molecular complexity index is 240. The number of allylic oxidation sites excluding steroid dienone is 1. The van der Waals surface area contributed by atoms with Crippen LogP contribution < -0.4 is 0 Å². The molecule has 0 saturated heterocycles. The second kappa shape index (κ2) is 4.03. The molecular formula is C11H19NO2. The number of carbonyl (C=O) groups is 1. The summed E-state index contributed by atoms with van der Waals surface area (Å²) in [7, 11) is 0. The second-order valence-corrected chi connectivity index (χ2v) is 4.86. The molecule has 0 radical (unpaired) electrons. The van der Waals surface area contributed by atoms with Crippen LogP contribution in [0.15, 0.2) is 12.3 Å². The normalized spacial score (nSPS) is 22.3. The molecule has 0 bridgehead atoms. The molecule has 0 aliphatic carbocycles. The zero-order valence-corrected chi connectivity index (χ0v) is 9.41. The monoisotopic (exact) mass is 197 g/mol. The number of rotatable bonds is 0. The van der Waals surface area contributed by atoms with Crippen molar-refractivity contribution in [3.05, 3.63) is 12.3 Å². The molecule has 1 aliphatic heterocycles. The molecule has 0 fully saturated rings. The summed E-state index contributed by atoms with van der Waals surface area (Å²) in [5, 5.41) is 0. The van der Waals surface area contributed by atoms with Gasteiger partial charge in [0.15, 0.2) is 0 Å². The fourth-order valence-corrected chi connectivity index (χ4v) is 1.35. The quantitative estimate of drug-likeness (QED) is 0.597. The van der Waals surface area contributed by atoms with Gasteiger partial charge >= 0.3 is 6.09 Å². The molecule has 0 spiro atoms. The topological polar surface area (TPSA) is 29.5 Å². The van der Waals surface area contributed by atoms with E-state index < -0.39 is 5.60 Å². The van der Waals surface area contributed by atoms with Gasteiger partial charge in [-0.25, -0.2) is 4.79 Å². The third-order valence-corrected chi connectivity index (χ3v) is 1.96. The van der Waals surface area contributed by atoms with Gasteiger partial charge in [-0.15, -0.1) is 0 Å². The van der Waals surface area contributed by atoms with Crippen molar-refractivity contribution in [1.82, 2.24) is 4.90 Å². The van der Waals surface area contributed by atoms with Gasteiger partial charge in [0.25, 0.3) is 0 Å². The molecule has 1 atom stereocenters. The predicted octanol–water partition coefficient (Wildman–Crippen LogP) is 2.78. The highest BCUT2D eigenvalue weighted by molar-refractivity contribution is 5.69. The smallest absolute Gasteiger partial charge is 0.414 e. The first-order chi connectivity index (χ1) is 6.38. The Kier molecular flexibility index (Phi) is 3.19. The molecule has 1 heterocycles. The molecule has 0 aromatic carbocycles. The van der Waals surface area contributed by atoms with Crippen molar-refractivity contribution >= 4 is 6.09 Å². The van der Waals surface area contributed by atoms with Gasteiger partial charge in [0.1, 0.15) is 5.60 Å². The van der Waals surface area contributed by atoms with Crippen LogP contribution in [0.2, 0.25) is 0 Å². The van der Waals surface area contributed by atoms with Gasteiger partial charge in [0, 0.05) is 12.7 Å². The van der Waals surface area contributed by atoms with E-state index in [0.29, 0.717) is 5.92 Å². The highest BCUT2D eigenvalue weighted by Gasteiger charge is 2.23. The second-order valence-electron chi connectivity index (χ2n) is 4.86. The lowest BCUT2D eigenvalue weighted by molar-refractivity contribution is 0.0306. The van der Waals surface area contributed by atoms with E-state index in [2.05, 4.69) is 6.92 Å². The van der Waals surface area contributed by atoms with E-state index in [1.165, 1.54) is 0 Å². The maximum atomic E-state index is 11.6. The van der Waals surface area contributed by atoms with Crippen molar-refractivity contribution in [1.29, 1.82) is 0 Å². The Morgan fingerprint density at radius 3 is 2.64 bits per heavy atom. The number of hydrogen-bond donors (Lipinski definition) is 0. The molecular weight excluding hydrogens is 178 g/mol. The average molecular weight is 197 g/mol.